The predicted octanol–water partition coefficient (Wildman–Crippen LogP) is 0.463. The van der Waals surface area contributed by atoms with Crippen LogP contribution in [0.5, 0.6) is 0 Å². The van der Waals surface area contributed by atoms with Crippen LogP contribution in [0, 0.1) is 0 Å². The molecule has 0 aromatic carbocycles. The van der Waals surface area contributed by atoms with Gasteiger partial charge in [0.25, 0.3) is 5.91 Å². The number of anilines is 1. The van der Waals surface area contributed by atoms with Crippen molar-refractivity contribution in [2.75, 3.05) is 38.7 Å². The Labute approximate surface area is 123 Å². The zero-order valence-corrected chi connectivity index (χ0v) is 12.2. The third-order valence-electron chi connectivity index (χ3n) is 3.27. The predicted molar refractivity (Wildman–Crippen MR) is 76.5 cm³/mol. The third kappa shape index (κ3) is 3.91. The Morgan fingerprint density at radius 2 is 2.24 bits per heavy atom. The van der Waals surface area contributed by atoms with E-state index in [-0.39, 0.29) is 18.4 Å². The van der Waals surface area contributed by atoms with Crippen LogP contribution in [-0.4, -0.2) is 66.8 Å². The van der Waals surface area contributed by atoms with Crippen molar-refractivity contribution in [1.29, 1.82) is 0 Å². The number of carboxylic acids is 1. The van der Waals surface area contributed by atoms with Gasteiger partial charge in [-0.15, -0.1) is 0 Å². The van der Waals surface area contributed by atoms with Crippen LogP contribution < -0.4 is 4.90 Å². The highest BCUT2D eigenvalue weighted by Crippen LogP contribution is 2.17. The highest BCUT2D eigenvalue weighted by atomic mass is 16.5. The molecule has 0 saturated carbocycles. The number of hydrogen-bond acceptors (Lipinski definition) is 5. The largest absolute Gasteiger partial charge is 0.481 e. The average molecular weight is 293 g/mol. The lowest BCUT2D eigenvalue weighted by Crippen LogP contribution is -2.43. The smallest absolute Gasteiger partial charge is 0.306 e. The van der Waals surface area contributed by atoms with Gasteiger partial charge in [-0.1, -0.05) is 0 Å². The molecule has 21 heavy (non-hydrogen) atoms. The molecule has 1 aromatic heterocycles. The van der Waals surface area contributed by atoms with Crippen molar-refractivity contribution in [3.8, 4) is 0 Å². The fourth-order valence-corrected chi connectivity index (χ4v) is 2.20. The number of ether oxygens (including phenoxy) is 1. The van der Waals surface area contributed by atoms with Crippen LogP contribution in [0.1, 0.15) is 16.8 Å². The molecular formula is C14H19N3O4. The summed E-state index contributed by atoms with van der Waals surface area (Å²) in [6, 6.07) is 3.51. The number of rotatable bonds is 4. The monoisotopic (exact) mass is 293 g/mol. The van der Waals surface area contributed by atoms with E-state index in [0.29, 0.717) is 25.3 Å². The number of carbonyl (C=O) groups is 2. The Kier molecular flexibility index (Phi) is 4.74. The molecule has 1 fully saturated rings. The number of carbonyl (C=O) groups excluding carboxylic acids is 1. The molecule has 0 radical (unpaired) electrons. The second-order valence-corrected chi connectivity index (χ2v) is 5.14. The molecule has 7 nitrogen and oxygen atoms in total. The summed E-state index contributed by atoms with van der Waals surface area (Å²) in [5, 5.41) is 8.82. The second kappa shape index (κ2) is 6.53. The lowest BCUT2D eigenvalue weighted by Gasteiger charge is -2.33. The number of carboxylic acid groups (broad SMARTS) is 1. The summed E-state index contributed by atoms with van der Waals surface area (Å²) in [6.45, 7) is 1.61. The van der Waals surface area contributed by atoms with Crippen LogP contribution in [0.25, 0.3) is 0 Å². The molecular weight excluding hydrogens is 274 g/mol. The molecule has 1 amide bonds. The molecule has 0 bridgehead atoms. The number of aliphatic carboxylic acids is 1. The van der Waals surface area contributed by atoms with Gasteiger partial charge in [-0.2, -0.15) is 0 Å². The number of pyridine rings is 1. The van der Waals surface area contributed by atoms with E-state index >= 15 is 0 Å². The molecule has 1 aliphatic rings. The fourth-order valence-electron chi connectivity index (χ4n) is 2.20. The van der Waals surface area contributed by atoms with Gasteiger partial charge < -0.3 is 19.6 Å². The van der Waals surface area contributed by atoms with E-state index in [4.69, 9.17) is 9.84 Å². The maximum Gasteiger partial charge on any atom is 0.306 e. The molecule has 7 heteroatoms. The minimum atomic E-state index is -0.873. The van der Waals surface area contributed by atoms with Crippen molar-refractivity contribution < 1.29 is 19.4 Å². The lowest BCUT2D eigenvalue weighted by molar-refractivity contribution is -0.140. The maximum absolute atomic E-state index is 11.8. The minimum Gasteiger partial charge on any atom is -0.481 e. The normalized spacial score (nSPS) is 18.4. The summed E-state index contributed by atoms with van der Waals surface area (Å²) in [5.41, 5.74) is 0.527. The number of nitrogens with zero attached hydrogens (tertiary/aromatic N) is 3. The maximum atomic E-state index is 11.8. The number of amides is 1. The quantitative estimate of drug-likeness (QED) is 0.868. The molecule has 1 N–H and O–H groups in total. The van der Waals surface area contributed by atoms with Crippen LogP contribution in [0.15, 0.2) is 18.3 Å². The van der Waals surface area contributed by atoms with Gasteiger partial charge in [0.15, 0.2) is 0 Å². The number of morpholine rings is 1. The van der Waals surface area contributed by atoms with Crippen LogP contribution in [0.2, 0.25) is 0 Å². The summed E-state index contributed by atoms with van der Waals surface area (Å²) in [5.74, 6) is -0.245. The Morgan fingerprint density at radius 3 is 2.81 bits per heavy atom. The van der Waals surface area contributed by atoms with E-state index in [0.717, 1.165) is 5.82 Å². The van der Waals surface area contributed by atoms with E-state index in [9.17, 15) is 9.59 Å². The first-order chi connectivity index (χ1) is 9.97. The van der Waals surface area contributed by atoms with Gasteiger partial charge in [0.2, 0.25) is 0 Å². The van der Waals surface area contributed by atoms with E-state index in [2.05, 4.69) is 4.98 Å². The molecule has 1 unspecified atom stereocenters. The van der Waals surface area contributed by atoms with Crippen molar-refractivity contribution >= 4 is 17.7 Å². The minimum absolute atomic E-state index is 0.0201. The van der Waals surface area contributed by atoms with Crippen molar-refractivity contribution in [2.45, 2.75) is 12.5 Å². The van der Waals surface area contributed by atoms with Crippen molar-refractivity contribution in [2.24, 2.45) is 0 Å². The van der Waals surface area contributed by atoms with Gasteiger partial charge in [0.05, 0.1) is 24.7 Å². The van der Waals surface area contributed by atoms with Crippen LogP contribution in [0.3, 0.4) is 0 Å². The molecule has 0 aliphatic carbocycles. The van der Waals surface area contributed by atoms with E-state index in [1.54, 1.807) is 32.4 Å². The van der Waals surface area contributed by atoms with Gasteiger partial charge in [-0.3, -0.25) is 9.59 Å². The van der Waals surface area contributed by atoms with E-state index in [1.807, 2.05) is 4.90 Å². The highest BCUT2D eigenvalue weighted by molar-refractivity contribution is 5.93. The summed E-state index contributed by atoms with van der Waals surface area (Å²) < 4.78 is 5.42. The zero-order valence-electron chi connectivity index (χ0n) is 12.2. The Morgan fingerprint density at radius 1 is 1.48 bits per heavy atom. The summed E-state index contributed by atoms with van der Waals surface area (Å²) in [7, 11) is 3.38. The van der Waals surface area contributed by atoms with E-state index < -0.39 is 5.97 Å². The van der Waals surface area contributed by atoms with Gasteiger partial charge >= 0.3 is 5.97 Å². The molecule has 2 rings (SSSR count). The Hall–Kier alpha value is -2.15. The van der Waals surface area contributed by atoms with Crippen LogP contribution in [0.4, 0.5) is 5.82 Å². The Bertz CT molecular complexity index is 515. The molecule has 2 heterocycles. The molecule has 0 spiro atoms. The lowest BCUT2D eigenvalue weighted by atomic mass is 10.2. The third-order valence-corrected chi connectivity index (χ3v) is 3.27. The molecule has 1 atom stereocenters. The SMILES string of the molecule is CN(C)C(=O)c1ccc(N2CCOC(CC(=O)O)C2)nc1. The van der Waals surface area contributed by atoms with Gasteiger partial charge in [0, 0.05) is 33.4 Å². The van der Waals surface area contributed by atoms with Crippen LogP contribution in [-0.2, 0) is 9.53 Å². The molecule has 1 aliphatic heterocycles. The van der Waals surface area contributed by atoms with Gasteiger partial charge in [-0.05, 0) is 12.1 Å². The van der Waals surface area contributed by atoms with Gasteiger partial charge in [0.1, 0.15) is 5.82 Å². The first-order valence-electron chi connectivity index (χ1n) is 6.73. The molecule has 1 aromatic rings. The van der Waals surface area contributed by atoms with E-state index in [1.165, 1.54) is 4.90 Å². The number of hydrogen-bond donors (Lipinski definition) is 1. The fraction of sp³-hybridized carbons (Fsp3) is 0.500. The standard InChI is InChI=1S/C14H19N3O4/c1-16(2)14(20)10-3-4-12(15-8-10)17-5-6-21-11(9-17)7-13(18)19/h3-4,8,11H,5-7,9H2,1-2H3,(H,18,19). The summed E-state index contributed by atoms with van der Waals surface area (Å²) in [6.07, 6.45) is 1.19. The summed E-state index contributed by atoms with van der Waals surface area (Å²) >= 11 is 0. The topological polar surface area (TPSA) is 83.0 Å². The van der Waals surface area contributed by atoms with Crippen molar-refractivity contribution in [3.05, 3.63) is 23.9 Å². The number of aromatic nitrogens is 1. The van der Waals surface area contributed by atoms with Gasteiger partial charge in [-0.25, -0.2) is 4.98 Å². The molecule has 1 saturated heterocycles. The first kappa shape index (κ1) is 15.2. The van der Waals surface area contributed by atoms with Crippen molar-refractivity contribution in [3.63, 3.8) is 0 Å². The Balaban J connectivity index is 2.04. The average Bonchev–Trinajstić information content (AvgIpc) is 2.46. The first-order valence-corrected chi connectivity index (χ1v) is 6.73. The van der Waals surface area contributed by atoms with Crippen molar-refractivity contribution in [1.82, 2.24) is 9.88 Å². The summed E-state index contributed by atoms with van der Waals surface area (Å²) in [4.78, 5) is 30.3. The second-order valence-electron chi connectivity index (χ2n) is 5.14. The molecule has 114 valence electrons. The zero-order chi connectivity index (χ0) is 15.4. The van der Waals surface area contributed by atoms with Crippen LogP contribution >= 0.6 is 0 Å². The highest BCUT2D eigenvalue weighted by Gasteiger charge is 2.23.